The molecule has 2 aromatic rings. The zero-order valence-corrected chi connectivity index (χ0v) is 16.0. The zero-order chi connectivity index (χ0) is 18.6. The Kier molecular flexibility index (Phi) is 5.27. The number of hydrogen-bond acceptors (Lipinski definition) is 5. The van der Waals surface area contributed by atoms with Gasteiger partial charge in [-0.05, 0) is 54.1 Å². The van der Waals surface area contributed by atoms with Crippen molar-refractivity contribution >= 4 is 40.3 Å². The van der Waals surface area contributed by atoms with E-state index in [-0.39, 0.29) is 5.91 Å². The first-order valence-electron chi connectivity index (χ1n) is 8.97. The van der Waals surface area contributed by atoms with Crippen molar-refractivity contribution in [2.45, 2.75) is 6.92 Å². The Morgan fingerprint density at radius 3 is 2.59 bits per heavy atom. The Morgan fingerprint density at radius 2 is 1.85 bits per heavy atom. The molecule has 4 rings (SSSR count). The maximum absolute atomic E-state index is 12.3. The number of ether oxygens (including phenoxy) is 1. The topological polar surface area (TPSA) is 53.9 Å². The van der Waals surface area contributed by atoms with Gasteiger partial charge in [0.15, 0.2) is 5.17 Å². The monoisotopic (exact) mass is 379 g/mol. The van der Waals surface area contributed by atoms with Crippen molar-refractivity contribution in [3.8, 4) is 0 Å². The normalized spacial score (nSPS) is 20.3. The Morgan fingerprint density at radius 1 is 1.11 bits per heavy atom. The maximum atomic E-state index is 12.3. The lowest BCUT2D eigenvalue weighted by Crippen LogP contribution is -2.36. The van der Waals surface area contributed by atoms with Gasteiger partial charge in [-0.15, -0.1) is 0 Å². The summed E-state index contributed by atoms with van der Waals surface area (Å²) in [5.41, 5.74) is 4.14. The number of anilines is 1. The predicted octanol–water partition coefficient (Wildman–Crippen LogP) is 3.72. The number of aliphatic imine (C=N–C) groups is 1. The first-order valence-corrected chi connectivity index (χ1v) is 9.79. The summed E-state index contributed by atoms with van der Waals surface area (Å²) >= 11 is 1.37. The Balaban J connectivity index is 1.49. The van der Waals surface area contributed by atoms with E-state index in [0.29, 0.717) is 10.1 Å². The second-order valence-electron chi connectivity index (χ2n) is 6.46. The van der Waals surface area contributed by atoms with Gasteiger partial charge in [0.05, 0.1) is 23.8 Å². The Labute approximate surface area is 163 Å². The van der Waals surface area contributed by atoms with Gasteiger partial charge < -0.3 is 15.0 Å². The molecular formula is C21H21N3O2S. The first kappa shape index (κ1) is 17.8. The molecule has 5 nitrogen and oxygen atoms in total. The van der Waals surface area contributed by atoms with Crippen molar-refractivity contribution < 1.29 is 9.53 Å². The smallest absolute Gasteiger partial charge is 0.264 e. The number of amides is 1. The van der Waals surface area contributed by atoms with Gasteiger partial charge in [-0.1, -0.05) is 30.3 Å². The third-order valence-corrected chi connectivity index (χ3v) is 5.47. The van der Waals surface area contributed by atoms with Crippen LogP contribution in [0, 0.1) is 6.92 Å². The summed E-state index contributed by atoms with van der Waals surface area (Å²) in [5.74, 6) is -0.107. The van der Waals surface area contributed by atoms with E-state index in [4.69, 9.17) is 4.74 Å². The van der Waals surface area contributed by atoms with Gasteiger partial charge in [0, 0.05) is 18.8 Å². The number of benzene rings is 2. The average Bonchev–Trinajstić information content (AvgIpc) is 3.04. The van der Waals surface area contributed by atoms with Gasteiger partial charge in [0.2, 0.25) is 0 Å². The summed E-state index contributed by atoms with van der Waals surface area (Å²) in [5, 5.41) is 3.46. The fraction of sp³-hybridized carbons (Fsp3) is 0.238. The van der Waals surface area contributed by atoms with Gasteiger partial charge >= 0.3 is 0 Å². The summed E-state index contributed by atoms with van der Waals surface area (Å²) in [7, 11) is 0. The van der Waals surface area contributed by atoms with Crippen LogP contribution >= 0.6 is 11.8 Å². The lowest BCUT2D eigenvalue weighted by atomic mass is 10.1. The van der Waals surface area contributed by atoms with Crippen molar-refractivity contribution in [2.24, 2.45) is 4.99 Å². The molecule has 2 aliphatic heterocycles. The maximum Gasteiger partial charge on any atom is 0.264 e. The van der Waals surface area contributed by atoms with Crippen LogP contribution in [0.5, 0.6) is 0 Å². The van der Waals surface area contributed by atoms with Crippen LogP contribution in [0.15, 0.2) is 58.4 Å². The molecule has 2 aromatic carbocycles. The van der Waals surface area contributed by atoms with E-state index in [2.05, 4.69) is 27.3 Å². The Hall–Kier alpha value is -2.57. The third-order valence-electron chi connectivity index (χ3n) is 4.56. The lowest BCUT2D eigenvalue weighted by molar-refractivity contribution is -0.115. The fourth-order valence-electron chi connectivity index (χ4n) is 3.03. The zero-order valence-electron chi connectivity index (χ0n) is 15.1. The highest BCUT2D eigenvalue weighted by Crippen LogP contribution is 2.29. The number of hydrogen-bond donors (Lipinski definition) is 1. The lowest BCUT2D eigenvalue weighted by Gasteiger charge is -2.28. The minimum atomic E-state index is -0.107. The number of para-hydroxylation sites is 1. The van der Waals surface area contributed by atoms with Crippen molar-refractivity contribution in [3.63, 3.8) is 0 Å². The largest absolute Gasteiger partial charge is 0.378 e. The summed E-state index contributed by atoms with van der Waals surface area (Å²) in [6.07, 6.45) is 1.91. The summed E-state index contributed by atoms with van der Waals surface area (Å²) in [6, 6.07) is 16.2. The minimum absolute atomic E-state index is 0.107. The molecule has 0 unspecified atom stereocenters. The molecule has 1 amide bonds. The number of aryl methyl sites for hydroxylation is 1. The summed E-state index contributed by atoms with van der Waals surface area (Å²) < 4.78 is 5.40. The molecule has 0 saturated carbocycles. The molecule has 0 radical (unpaired) electrons. The van der Waals surface area contributed by atoms with Crippen molar-refractivity contribution in [1.29, 1.82) is 0 Å². The van der Waals surface area contributed by atoms with Crippen LogP contribution in [-0.2, 0) is 9.53 Å². The number of nitrogens with one attached hydrogen (secondary N) is 1. The fourth-order valence-corrected chi connectivity index (χ4v) is 3.87. The highest BCUT2D eigenvalue weighted by atomic mass is 32.2. The number of thioether (sulfide) groups is 1. The van der Waals surface area contributed by atoms with Gasteiger partial charge in [0.25, 0.3) is 5.91 Å². The molecule has 2 fully saturated rings. The van der Waals surface area contributed by atoms with Crippen LogP contribution in [-0.4, -0.2) is 37.4 Å². The van der Waals surface area contributed by atoms with Crippen LogP contribution in [0.2, 0.25) is 0 Å². The van der Waals surface area contributed by atoms with Crippen LogP contribution in [0.3, 0.4) is 0 Å². The quantitative estimate of drug-likeness (QED) is 0.826. The van der Waals surface area contributed by atoms with Crippen LogP contribution in [0.25, 0.3) is 6.08 Å². The average molecular weight is 379 g/mol. The van der Waals surface area contributed by atoms with Crippen molar-refractivity contribution in [1.82, 2.24) is 5.32 Å². The molecule has 6 heteroatoms. The molecule has 0 atom stereocenters. The third kappa shape index (κ3) is 4.23. The number of rotatable bonds is 3. The molecule has 2 saturated heterocycles. The van der Waals surface area contributed by atoms with Crippen molar-refractivity contribution in [3.05, 3.63) is 64.6 Å². The number of carbonyl (C=O) groups excluding carboxylic acids is 1. The standard InChI is InChI=1S/C21H21N3O2S/c1-15-4-2-3-5-18(15)22-21-23-20(25)19(27-21)14-16-6-8-17(9-7-16)24-10-12-26-13-11-24/h2-9,14H,10-13H2,1H3,(H,22,23,25)/b19-14+. The van der Waals surface area contributed by atoms with E-state index < -0.39 is 0 Å². The minimum Gasteiger partial charge on any atom is -0.378 e. The van der Waals surface area contributed by atoms with E-state index in [1.165, 1.54) is 17.4 Å². The molecule has 2 aliphatic rings. The van der Waals surface area contributed by atoms with Crippen molar-refractivity contribution in [2.75, 3.05) is 31.2 Å². The van der Waals surface area contributed by atoms with E-state index in [0.717, 1.165) is 43.1 Å². The SMILES string of the molecule is Cc1ccccc1N=C1NC(=O)/C(=C\c2ccc(N3CCOCC3)cc2)S1. The van der Waals surface area contributed by atoms with Gasteiger partial charge in [-0.25, -0.2) is 4.99 Å². The second kappa shape index (κ2) is 7.98. The summed E-state index contributed by atoms with van der Waals surface area (Å²) in [4.78, 5) is 19.8. The molecule has 0 bridgehead atoms. The molecule has 1 N–H and O–H groups in total. The van der Waals surface area contributed by atoms with Gasteiger partial charge in [-0.3, -0.25) is 4.79 Å². The van der Waals surface area contributed by atoms with E-state index in [1.54, 1.807) is 0 Å². The number of amidine groups is 1. The van der Waals surface area contributed by atoms with Crippen LogP contribution in [0.1, 0.15) is 11.1 Å². The number of morpholine rings is 1. The van der Waals surface area contributed by atoms with E-state index in [9.17, 15) is 4.79 Å². The van der Waals surface area contributed by atoms with Gasteiger partial charge in [-0.2, -0.15) is 0 Å². The predicted molar refractivity (Wildman–Crippen MR) is 111 cm³/mol. The number of carbonyl (C=O) groups is 1. The van der Waals surface area contributed by atoms with E-state index in [1.807, 2.05) is 49.4 Å². The first-order chi connectivity index (χ1) is 13.2. The molecular weight excluding hydrogens is 358 g/mol. The van der Waals surface area contributed by atoms with E-state index >= 15 is 0 Å². The number of nitrogens with zero attached hydrogens (tertiary/aromatic N) is 2. The molecule has 0 spiro atoms. The molecule has 27 heavy (non-hydrogen) atoms. The molecule has 0 aliphatic carbocycles. The molecule has 2 heterocycles. The molecule has 0 aromatic heterocycles. The van der Waals surface area contributed by atoms with Crippen LogP contribution in [0.4, 0.5) is 11.4 Å². The van der Waals surface area contributed by atoms with Gasteiger partial charge in [0.1, 0.15) is 0 Å². The summed E-state index contributed by atoms with van der Waals surface area (Å²) in [6.45, 7) is 5.37. The highest BCUT2D eigenvalue weighted by Gasteiger charge is 2.24. The second-order valence-corrected chi connectivity index (χ2v) is 7.49. The van der Waals surface area contributed by atoms with Crippen LogP contribution < -0.4 is 10.2 Å². The Bertz CT molecular complexity index is 900. The highest BCUT2D eigenvalue weighted by molar-refractivity contribution is 8.18. The molecule has 138 valence electrons.